The van der Waals surface area contributed by atoms with Crippen LogP contribution in [0, 0.1) is 0 Å². The molecule has 2 rings (SSSR count). The second-order valence-electron chi connectivity index (χ2n) is 5.43. The molecule has 0 aromatic carbocycles. The van der Waals surface area contributed by atoms with Crippen molar-refractivity contribution >= 4 is 6.03 Å². The second-order valence-corrected chi connectivity index (χ2v) is 5.43. The van der Waals surface area contributed by atoms with Crippen molar-refractivity contribution in [3.05, 3.63) is 42.7 Å². The Morgan fingerprint density at radius 3 is 2.62 bits per heavy atom. The van der Waals surface area contributed by atoms with Gasteiger partial charge in [0.2, 0.25) is 0 Å². The highest BCUT2D eigenvalue weighted by Gasteiger charge is 2.25. The fraction of sp³-hybridized carbons (Fsp3) is 0.500. The molecular weight excluding hydrogens is 264 g/mol. The van der Waals surface area contributed by atoms with E-state index in [0.717, 1.165) is 31.9 Å². The molecule has 2 heterocycles. The van der Waals surface area contributed by atoms with Crippen molar-refractivity contribution < 1.29 is 4.79 Å². The van der Waals surface area contributed by atoms with E-state index in [1.54, 1.807) is 6.08 Å². The summed E-state index contributed by atoms with van der Waals surface area (Å²) in [5.41, 5.74) is 1.08. The van der Waals surface area contributed by atoms with Crippen molar-refractivity contribution in [1.82, 2.24) is 20.1 Å². The molecule has 1 saturated heterocycles. The average Bonchev–Trinajstić information content (AvgIpc) is 2.55. The van der Waals surface area contributed by atoms with Gasteiger partial charge in [0, 0.05) is 44.5 Å². The zero-order valence-corrected chi connectivity index (χ0v) is 12.8. The normalized spacial score (nSPS) is 18.9. The van der Waals surface area contributed by atoms with Crippen LogP contribution in [0.2, 0.25) is 0 Å². The lowest BCUT2D eigenvalue weighted by Crippen LogP contribution is -2.53. The number of hydrogen-bond acceptors (Lipinski definition) is 3. The van der Waals surface area contributed by atoms with Gasteiger partial charge in [0.1, 0.15) is 0 Å². The molecule has 0 bridgehead atoms. The largest absolute Gasteiger partial charge is 0.332 e. The van der Waals surface area contributed by atoms with Gasteiger partial charge in [-0.05, 0) is 26.0 Å². The molecule has 21 heavy (non-hydrogen) atoms. The predicted octanol–water partition coefficient (Wildman–Crippen LogP) is 2.04. The summed E-state index contributed by atoms with van der Waals surface area (Å²) < 4.78 is 0. The molecule has 0 spiro atoms. The van der Waals surface area contributed by atoms with E-state index in [1.165, 1.54) is 0 Å². The number of nitrogens with one attached hydrogen (secondary N) is 1. The summed E-state index contributed by atoms with van der Waals surface area (Å²) in [7, 11) is 0. The summed E-state index contributed by atoms with van der Waals surface area (Å²) in [6.07, 6.45) is 3.56. The van der Waals surface area contributed by atoms with Crippen molar-refractivity contribution in [2.45, 2.75) is 25.9 Å². The van der Waals surface area contributed by atoms with Crippen LogP contribution in [-0.4, -0.2) is 53.0 Å². The fourth-order valence-corrected chi connectivity index (χ4v) is 2.47. The minimum atomic E-state index is -0.00691. The van der Waals surface area contributed by atoms with E-state index in [-0.39, 0.29) is 18.1 Å². The molecule has 0 radical (unpaired) electrons. The van der Waals surface area contributed by atoms with Crippen LogP contribution < -0.4 is 5.32 Å². The molecule has 114 valence electrons. The zero-order chi connectivity index (χ0) is 15.2. The minimum absolute atomic E-state index is 0.00275. The van der Waals surface area contributed by atoms with Crippen LogP contribution >= 0.6 is 0 Å². The van der Waals surface area contributed by atoms with Crippen LogP contribution in [0.15, 0.2) is 37.1 Å². The van der Waals surface area contributed by atoms with Crippen LogP contribution in [0.25, 0.3) is 0 Å². The molecule has 0 unspecified atom stereocenters. The summed E-state index contributed by atoms with van der Waals surface area (Å²) in [5.74, 6) is 0. The topological polar surface area (TPSA) is 48.5 Å². The second kappa shape index (κ2) is 7.22. The lowest BCUT2D eigenvalue weighted by Gasteiger charge is -2.38. The Morgan fingerprint density at radius 2 is 2.05 bits per heavy atom. The Bertz CT molecular complexity index is 468. The molecule has 0 saturated carbocycles. The lowest BCUT2D eigenvalue weighted by molar-refractivity contribution is 0.112. The highest BCUT2D eigenvalue weighted by molar-refractivity contribution is 5.74. The molecule has 2 amide bonds. The smallest absolute Gasteiger partial charge is 0.317 e. The van der Waals surface area contributed by atoms with Gasteiger partial charge in [-0.2, -0.15) is 0 Å². The van der Waals surface area contributed by atoms with E-state index in [2.05, 4.69) is 34.8 Å². The van der Waals surface area contributed by atoms with Crippen LogP contribution in [0.1, 0.15) is 25.6 Å². The van der Waals surface area contributed by atoms with Gasteiger partial charge in [-0.3, -0.25) is 9.88 Å². The van der Waals surface area contributed by atoms with Crippen molar-refractivity contribution in [2.75, 3.05) is 26.2 Å². The first-order valence-electron chi connectivity index (χ1n) is 7.44. The molecule has 5 heteroatoms. The van der Waals surface area contributed by atoms with E-state index < -0.39 is 0 Å². The number of amides is 2. The van der Waals surface area contributed by atoms with Gasteiger partial charge in [0.05, 0.1) is 5.69 Å². The van der Waals surface area contributed by atoms with Crippen molar-refractivity contribution in [3.8, 4) is 0 Å². The van der Waals surface area contributed by atoms with Crippen molar-refractivity contribution in [2.24, 2.45) is 0 Å². The van der Waals surface area contributed by atoms with Gasteiger partial charge in [-0.15, -0.1) is 6.58 Å². The third-order valence-corrected chi connectivity index (χ3v) is 3.97. The maximum absolute atomic E-state index is 12.1. The molecule has 0 aliphatic carbocycles. The summed E-state index contributed by atoms with van der Waals surface area (Å²) in [5, 5.41) is 2.91. The third kappa shape index (κ3) is 4.04. The third-order valence-electron chi connectivity index (χ3n) is 3.97. The van der Waals surface area contributed by atoms with Gasteiger partial charge in [-0.25, -0.2) is 4.79 Å². The van der Waals surface area contributed by atoms with E-state index in [1.807, 2.05) is 30.2 Å². The van der Waals surface area contributed by atoms with Gasteiger partial charge in [0.15, 0.2) is 0 Å². The first-order valence-corrected chi connectivity index (χ1v) is 7.44. The monoisotopic (exact) mass is 288 g/mol. The molecule has 5 nitrogen and oxygen atoms in total. The van der Waals surface area contributed by atoms with E-state index in [4.69, 9.17) is 0 Å². The van der Waals surface area contributed by atoms with Crippen LogP contribution in [0.3, 0.4) is 0 Å². The number of piperazine rings is 1. The number of carbonyl (C=O) groups is 1. The molecule has 1 aliphatic heterocycles. The highest BCUT2D eigenvalue weighted by Crippen LogP contribution is 2.19. The number of rotatable bonds is 4. The summed E-state index contributed by atoms with van der Waals surface area (Å²) in [4.78, 5) is 20.7. The number of pyridine rings is 1. The Balaban J connectivity index is 1.85. The molecular formula is C16H24N4O. The number of urea groups is 1. The number of nitrogens with zero attached hydrogens (tertiary/aromatic N) is 3. The summed E-state index contributed by atoms with van der Waals surface area (Å²) >= 11 is 0. The minimum Gasteiger partial charge on any atom is -0.332 e. The highest BCUT2D eigenvalue weighted by atomic mass is 16.2. The maximum atomic E-state index is 12.1. The molecule has 1 aromatic rings. The van der Waals surface area contributed by atoms with Crippen LogP contribution in [0.4, 0.5) is 4.79 Å². The first kappa shape index (κ1) is 15.5. The number of aromatic nitrogens is 1. The van der Waals surface area contributed by atoms with Gasteiger partial charge < -0.3 is 10.2 Å². The maximum Gasteiger partial charge on any atom is 0.317 e. The van der Waals surface area contributed by atoms with E-state index in [0.29, 0.717) is 0 Å². The summed E-state index contributed by atoms with van der Waals surface area (Å²) in [6.45, 7) is 11.0. The van der Waals surface area contributed by atoms with Crippen molar-refractivity contribution in [3.63, 3.8) is 0 Å². The Hall–Kier alpha value is -1.88. The van der Waals surface area contributed by atoms with E-state index >= 15 is 0 Å². The number of hydrogen-bond donors (Lipinski definition) is 1. The molecule has 1 aromatic heterocycles. The number of carbonyl (C=O) groups excluding carboxylic acids is 1. The average molecular weight is 288 g/mol. The standard InChI is InChI=1S/C16H24N4O/c1-4-13(2)18-16(21)20-11-9-19(10-12-20)14(3)15-7-5-6-8-17-15/h4-8,13-14H,1,9-12H2,2-3H3,(H,18,21)/t13-,14-/m0/s1. The quantitative estimate of drug-likeness (QED) is 0.863. The Morgan fingerprint density at radius 1 is 1.33 bits per heavy atom. The van der Waals surface area contributed by atoms with E-state index in [9.17, 15) is 4.79 Å². The molecule has 1 aliphatic rings. The lowest BCUT2D eigenvalue weighted by atomic mass is 10.1. The Labute approximate surface area is 126 Å². The molecule has 2 atom stereocenters. The molecule has 1 N–H and O–H groups in total. The van der Waals surface area contributed by atoms with Crippen molar-refractivity contribution in [1.29, 1.82) is 0 Å². The molecule has 1 fully saturated rings. The zero-order valence-electron chi connectivity index (χ0n) is 12.8. The predicted molar refractivity (Wildman–Crippen MR) is 84.0 cm³/mol. The van der Waals surface area contributed by atoms with Crippen LogP contribution in [-0.2, 0) is 0 Å². The van der Waals surface area contributed by atoms with Crippen LogP contribution in [0.5, 0.6) is 0 Å². The van der Waals surface area contributed by atoms with Gasteiger partial charge in [-0.1, -0.05) is 12.1 Å². The van der Waals surface area contributed by atoms with Gasteiger partial charge in [0.25, 0.3) is 0 Å². The van der Waals surface area contributed by atoms with Gasteiger partial charge >= 0.3 is 6.03 Å². The summed E-state index contributed by atoms with van der Waals surface area (Å²) in [6, 6.07) is 6.27. The Kier molecular flexibility index (Phi) is 5.33. The fourth-order valence-electron chi connectivity index (χ4n) is 2.47. The SMILES string of the molecule is C=C[C@H](C)NC(=O)N1CCN([C@@H](C)c2ccccn2)CC1. The first-order chi connectivity index (χ1) is 10.1.